The van der Waals surface area contributed by atoms with Crippen LogP contribution in [0.5, 0.6) is 0 Å². The Kier molecular flexibility index (Phi) is 9.84. The minimum atomic E-state index is 0.0485. The van der Waals surface area contributed by atoms with Crippen molar-refractivity contribution in [3.63, 3.8) is 0 Å². The summed E-state index contributed by atoms with van der Waals surface area (Å²) in [6.07, 6.45) is 11.1. The molecule has 2 heteroatoms. The summed E-state index contributed by atoms with van der Waals surface area (Å²) in [4.78, 5) is 0. The van der Waals surface area contributed by atoms with Crippen LogP contribution in [-0.4, -0.2) is 33.5 Å². The van der Waals surface area contributed by atoms with Crippen LogP contribution >= 0.6 is 0 Å². The fourth-order valence-electron chi connectivity index (χ4n) is 1.71. The number of hydrogen-bond donors (Lipinski definition) is 1. The van der Waals surface area contributed by atoms with Crippen LogP contribution < -0.4 is 5.73 Å². The van der Waals surface area contributed by atoms with Gasteiger partial charge in [-0.1, -0.05) is 0 Å². The van der Waals surface area contributed by atoms with Crippen LogP contribution in [-0.2, 0) is 0 Å². The molecule has 0 aliphatic heterocycles. The van der Waals surface area contributed by atoms with E-state index in [9.17, 15) is 0 Å². The average molecular weight is 207 g/mol. The summed E-state index contributed by atoms with van der Waals surface area (Å²) in [5, 5.41) is 0. The molecule has 0 saturated carbocycles. The molecule has 0 aromatic heterocycles. The second kappa shape index (κ2) is 9.21. The molecular weight excluding hydrogens is 181 g/mol. The SMILES string of the molecule is CC(C)(N)CCCCCCCC[CH2][Na]. The summed E-state index contributed by atoms with van der Waals surface area (Å²) in [6, 6.07) is 0. The number of rotatable bonds is 9. The van der Waals surface area contributed by atoms with Gasteiger partial charge in [-0.05, 0) is 0 Å². The van der Waals surface area contributed by atoms with Gasteiger partial charge in [-0.2, -0.15) is 0 Å². The van der Waals surface area contributed by atoms with Gasteiger partial charge in [0.2, 0.25) is 0 Å². The predicted molar refractivity (Wildman–Crippen MR) is 65.8 cm³/mol. The molecule has 1 nitrogen and oxygen atoms in total. The average Bonchev–Trinajstić information content (AvgIpc) is 2.08. The van der Waals surface area contributed by atoms with Crippen molar-refractivity contribution in [1.29, 1.82) is 0 Å². The maximum atomic E-state index is 5.92. The summed E-state index contributed by atoms with van der Waals surface area (Å²) in [5.41, 5.74) is 5.97. The van der Waals surface area contributed by atoms with Gasteiger partial charge in [0.1, 0.15) is 0 Å². The first-order chi connectivity index (χ1) is 6.56. The van der Waals surface area contributed by atoms with Gasteiger partial charge in [0, 0.05) is 0 Å². The second-order valence-corrected chi connectivity index (χ2v) is 6.21. The van der Waals surface area contributed by atoms with Gasteiger partial charge in [-0.25, -0.2) is 0 Å². The summed E-state index contributed by atoms with van der Waals surface area (Å²) in [6.45, 7) is 4.25. The Balaban J connectivity index is 2.99. The molecule has 2 N–H and O–H groups in total. The number of hydrogen-bond acceptors (Lipinski definition) is 1. The molecule has 14 heavy (non-hydrogen) atoms. The Morgan fingerprint density at radius 2 is 1.29 bits per heavy atom. The molecule has 0 atom stereocenters. The topological polar surface area (TPSA) is 26.0 Å². The zero-order valence-corrected chi connectivity index (χ0v) is 12.4. The van der Waals surface area contributed by atoms with E-state index < -0.39 is 0 Å². The van der Waals surface area contributed by atoms with Crippen molar-refractivity contribution in [3.8, 4) is 0 Å². The molecule has 0 unspecified atom stereocenters. The van der Waals surface area contributed by atoms with Gasteiger partial charge in [-0.3, -0.25) is 0 Å². The molecule has 0 aliphatic carbocycles. The second-order valence-electron chi connectivity index (χ2n) is 5.21. The molecule has 0 aromatic rings. The van der Waals surface area contributed by atoms with Gasteiger partial charge >= 0.3 is 108 Å². The fourth-order valence-corrected chi connectivity index (χ4v) is 2.21. The van der Waals surface area contributed by atoms with Crippen LogP contribution in [0.4, 0.5) is 0 Å². The van der Waals surface area contributed by atoms with Gasteiger partial charge < -0.3 is 0 Å². The normalized spacial score (nSPS) is 12.1. The first kappa shape index (κ1) is 15.0. The van der Waals surface area contributed by atoms with Crippen LogP contribution in [0.25, 0.3) is 0 Å². The van der Waals surface area contributed by atoms with Crippen molar-refractivity contribution in [2.24, 2.45) is 5.73 Å². The van der Waals surface area contributed by atoms with Crippen molar-refractivity contribution in [1.82, 2.24) is 0 Å². The van der Waals surface area contributed by atoms with E-state index in [1.54, 1.807) is 0 Å². The molecule has 0 aliphatic rings. The van der Waals surface area contributed by atoms with Gasteiger partial charge in [0.25, 0.3) is 0 Å². The molecule has 0 saturated heterocycles. The van der Waals surface area contributed by atoms with Crippen LogP contribution in [0, 0.1) is 0 Å². The fraction of sp³-hybridized carbons (Fsp3) is 1.00. The molecular formula is C12H26NNa. The van der Waals surface area contributed by atoms with Gasteiger partial charge in [0.15, 0.2) is 0 Å². The monoisotopic (exact) mass is 207 g/mol. The molecule has 0 aromatic carbocycles. The number of nitrogens with two attached hydrogens (primary N) is 1. The van der Waals surface area contributed by atoms with Crippen molar-refractivity contribution in [3.05, 3.63) is 0 Å². The molecule has 0 heterocycles. The quantitative estimate of drug-likeness (QED) is 0.455. The Hall–Kier alpha value is 0.960. The van der Waals surface area contributed by atoms with E-state index in [0.29, 0.717) is 0 Å². The Labute approximate surface area is 108 Å². The maximum absolute atomic E-state index is 5.92. The van der Waals surface area contributed by atoms with Crippen molar-refractivity contribution >= 4 is 27.9 Å². The van der Waals surface area contributed by atoms with Crippen molar-refractivity contribution < 1.29 is 0 Å². The van der Waals surface area contributed by atoms with Crippen molar-refractivity contribution in [2.45, 2.75) is 74.4 Å². The molecule has 0 bridgehead atoms. The van der Waals surface area contributed by atoms with Crippen LogP contribution in [0.15, 0.2) is 0 Å². The molecule has 0 radical (unpaired) electrons. The van der Waals surface area contributed by atoms with E-state index in [2.05, 4.69) is 13.8 Å². The first-order valence-corrected chi connectivity index (χ1v) is 7.76. The zero-order valence-electron chi connectivity index (χ0n) is 10.4. The summed E-state index contributed by atoms with van der Waals surface area (Å²) >= 11 is 1.39. The third kappa shape index (κ3) is 13.0. The Morgan fingerprint density at radius 3 is 1.71 bits per heavy atom. The molecule has 0 rings (SSSR count). The minimum absolute atomic E-state index is 0.0485. The number of unbranched alkanes of at least 4 members (excludes halogenated alkanes) is 6. The summed E-state index contributed by atoms with van der Waals surface area (Å²) in [5.74, 6) is 0. The Morgan fingerprint density at radius 1 is 0.857 bits per heavy atom. The van der Waals surface area contributed by atoms with E-state index in [4.69, 9.17) is 5.73 Å². The van der Waals surface area contributed by atoms with E-state index in [1.165, 1.54) is 83.0 Å². The van der Waals surface area contributed by atoms with Gasteiger partial charge in [-0.15, -0.1) is 0 Å². The van der Waals surface area contributed by atoms with Crippen LogP contribution in [0.1, 0.15) is 65.2 Å². The third-order valence-electron chi connectivity index (χ3n) is 2.67. The predicted octanol–water partition coefficient (Wildman–Crippen LogP) is 3.43. The van der Waals surface area contributed by atoms with E-state index in [1.807, 2.05) is 0 Å². The van der Waals surface area contributed by atoms with E-state index in [0.717, 1.165) is 0 Å². The summed E-state index contributed by atoms with van der Waals surface area (Å²) in [7, 11) is 0. The first-order valence-electron chi connectivity index (χ1n) is 6.35. The molecule has 80 valence electrons. The van der Waals surface area contributed by atoms with E-state index >= 15 is 0 Å². The molecule has 0 amide bonds. The van der Waals surface area contributed by atoms with Crippen LogP contribution in [0.2, 0.25) is 3.67 Å². The van der Waals surface area contributed by atoms with Crippen molar-refractivity contribution in [2.75, 3.05) is 0 Å². The summed E-state index contributed by atoms with van der Waals surface area (Å²) < 4.78 is 1.49. The van der Waals surface area contributed by atoms with Gasteiger partial charge in [0.05, 0.1) is 0 Å². The molecule has 0 fully saturated rings. The zero-order chi connectivity index (χ0) is 10.9. The third-order valence-corrected chi connectivity index (χ3v) is 3.38. The standard InChI is InChI=1S/C12H26N.Na/c1-4-5-6-7-8-9-10-11-12(2,3)13;/h1,4-11,13H2,2-3H3;. The van der Waals surface area contributed by atoms with Crippen LogP contribution in [0.3, 0.4) is 0 Å². The molecule has 0 spiro atoms. The Bertz CT molecular complexity index is 118. The van der Waals surface area contributed by atoms with E-state index in [-0.39, 0.29) is 5.54 Å².